The molecular weight excluding hydrogens is 338 g/mol. The van der Waals surface area contributed by atoms with Crippen LogP contribution in [0.5, 0.6) is 0 Å². The highest BCUT2D eigenvalue weighted by atomic mass is 32.1. The van der Waals surface area contributed by atoms with Gasteiger partial charge in [-0.2, -0.15) is 5.10 Å². The van der Waals surface area contributed by atoms with Gasteiger partial charge in [0.15, 0.2) is 6.10 Å². The lowest BCUT2D eigenvalue weighted by atomic mass is 10.3. The van der Waals surface area contributed by atoms with E-state index >= 15 is 0 Å². The zero-order valence-corrected chi connectivity index (χ0v) is 15.3. The Morgan fingerprint density at radius 2 is 1.92 bits per heavy atom. The number of carbonyl (C=O) groups excluding carboxylic acids is 2. The van der Waals surface area contributed by atoms with Crippen LogP contribution < -0.4 is 0 Å². The maximum absolute atomic E-state index is 12.4. The van der Waals surface area contributed by atoms with Crippen molar-refractivity contribution in [1.82, 2.24) is 14.7 Å². The molecule has 130 valence electrons. The van der Waals surface area contributed by atoms with E-state index in [0.717, 1.165) is 21.6 Å². The van der Waals surface area contributed by atoms with Gasteiger partial charge in [0.2, 0.25) is 0 Å². The Kier molecular flexibility index (Phi) is 4.59. The largest absolute Gasteiger partial charge is 0.448 e. The number of benzene rings is 1. The summed E-state index contributed by atoms with van der Waals surface area (Å²) in [5.41, 5.74) is 1.77. The Morgan fingerprint density at radius 1 is 1.24 bits per heavy atom. The summed E-state index contributed by atoms with van der Waals surface area (Å²) >= 11 is 1.31. The average Bonchev–Trinajstić information content (AvgIpc) is 3.15. The van der Waals surface area contributed by atoms with Crippen molar-refractivity contribution in [2.45, 2.75) is 20.0 Å². The molecule has 1 unspecified atom stereocenters. The minimum Gasteiger partial charge on any atom is -0.448 e. The first-order valence-electron chi connectivity index (χ1n) is 7.85. The molecule has 25 heavy (non-hydrogen) atoms. The summed E-state index contributed by atoms with van der Waals surface area (Å²) in [6, 6.07) is 11.5. The third kappa shape index (κ3) is 3.28. The predicted molar refractivity (Wildman–Crippen MR) is 97.3 cm³/mol. The highest BCUT2D eigenvalue weighted by molar-refractivity contribution is 7.20. The quantitative estimate of drug-likeness (QED) is 0.673. The number of aromatic nitrogens is 2. The van der Waals surface area contributed by atoms with E-state index in [-0.39, 0.29) is 5.91 Å². The van der Waals surface area contributed by atoms with Gasteiger partial charge < -0.3 is 9.64 Å². The van der Waals surface area contributed by atoms with Gasteiger partial charge in [-0.3, -0.25) is 4.79 Å². The molecule has 0 bridgehead atoms. The molecule has 2 aromatic heterocycles. The Labute approximate surface area is 149 Å². The van der Waals surface area contributed by atoms with Crippen molar-refractivity contribution in [3.63, 3.8) is 0 Å². The van der Waals surface area contributed by atoms with Crippen molar-refractivity contribution < 1.29 is 14.3 Å². The van der Waals surface area contributed by atoms with Crippen LogP contribution in [0.1, 0.15) is 22.3 Å². The van der Waals surface area contributed by atoms with Crippen LogP contribution in [0, 0.1) is 6.92 Å². The molecule has 1 aromatic carbocycles. The Morgan fingerprint density at radius 3 is 2.56 bits per heavy atom. The van der Waals surface area contributed by atoms with Crippen LogP contribution in [0.25, 0.3) is 15.9 Å². The molecule has 0 aliphatic rings. The second kappa shape index (κ2) is 6.68. The lowest BCUT2D eigenvalue weighted by molar-refractivity contribution is -0.137. The number of ether oxygens (including phenoxy) is 1. The number of hydrogen-bond acceptors (Lipinski definition) is 5. The molecule has 0 aliphatic heterocycles. The van der Waals surface area contributed by atoms with Gasteiger partial charge in [0.05, 0.1) is 11.4 Å². The molecule has 3 rings (SSSR count). The summed E-state index contributed by atoms with van der Waals surface area (Å²) in [6.45, 7) is 3.48. The predicted octanol–water partition coefficient (Wildman–Crippen LogP) is 3.03. The third-order valence-corrected chi connectivity index (χ3v) is 4.91. The van der Waals surface area contributed by atoms with Gasteiger partial charge in [-0.05, 0) is 32.0 Å². The molecule has 0 saturated carbocycles. The van der Waals surface area contributed by atoms with Crippen LogP contribution in [-0.2, 0) is 9.53 Å². The van der Waals surface area contributed by atoms with Crippen molar-refractivity contribution in [1.29, 1.82) is 0 Å². The summed E-state index contributed by atoms with van der Waals surface area (Å²) in [4.78, 5) is 27.0. The standard InChI is InChI=1S/C18H19N3O3S/c1-11-14-10-15(18(23)24-12(2)16(22)20(3)4)25-17(14)21(19-11)13-8-6-5-7-9-13/h5-10,12H,1-4H3. The Bertz CT molecular complexity index is 928. The zero-order chi connectivity index (χ0) is 18.1. The van der Waals surface area contributed by atoms with Crippen LogP contribution >= 0.6 is 11.3 Å². The van der Waals surface area contributed by atoms with Gasteiger partial charge >= 0.3 is 5.97 Å². The van der Waals surface area contributed by atoms with Gasteiger partial charge in [-0.25, -0.2) is 9.48 Å². The van der Waals surface area contributed by atoms with Gasteiger partial charge in [0.1, 0.15) is 9.71 Å². The topological polar surface area (TPSA) is 64.4 Å². The van der Waals surface area contributed by atoms with Crippen LogP contribution in [0.2, 0.25) is 0 Å². The molecule has 1 amide bonds. The fourth-order valence-corrected chi connectivity index (χ4v) is 3.59. The number of esters is 1. The second-order valence-corrected chi connectivity index (χ2v) is 6.97. The molecule has 0 fully saturated rings. The minimum atomic E-state index is -0.820. The number of hydrogen-bond donors (Lipinski definition) is 0. The molecule has 6 nitrogen and oxygen atoms in total. The average molecular weight is 357 g/mol. The van der Waals surface area contributed by atoms with E-state index in [2.05, 4.69) is 5.10 Å². The maximum atomic E-state index is 12.4. The van der Waals surface area contributed by atoms with Gasteiger partial charge in [0.25, 0.3) is 5.91 Å². The van der Waals surface area contributed by atoms with E-state index in [9.17, 15) is 9.59 Å². The van der Waals surface area contributed by atoms with E-state index < -0.39 is 12.1 Å². The van der Waals surface area contributed by atoms with E-state index in [4.69, 9.17) is 4.74 Å². The van der Waals surface area contributed by atoms with Crippen molar-refractivity contribution in [2.75, 3.05) is 14.1 Å². The van der Waals surface area contributed by atoms with Crippen LogP contribution in [-0.4, -0.2) is 46.8 Å². The number of rotatable bonds is 4. The van der Waals surface area contributed by atoms with Gasteiger partial charge in [-0.15, -0.1) is 11.3 Å². The number of fused-ring (bicyclic) bond motifs is 1. The van der Waals surface area contributed by atoms with E-state index in [0.29, 0.717) is 4.88 Å². The maximum Gasteiger partial charge on any atom is 0.349 e. The number of aryl methyl sites for hydroxylation is 1. The van der Waals surface area contributed by atoms with Crippen LogP contribution in [0.3, 0.4) is 0 Å². The Hall–Kier alpha value is -2.67. The smallest absolute Gasteiger partial charge is 0.349 e. The summed E-state index contributed by atoms with van der Waals surface area (Å²) in [5, 5.41) is 5.46. The van der Waals surface area contributed by atoms with Crippen LogP contribution in [0.15, 0.2) is 36.4 Å². The number of nitrogens with zero attached hydrogens (tertiary/aromatic N) is 3. The van der Waals surface area contributed by atoms with Gasteiger partial charge in [0, 0.05) is 19.5 Å². The first-order valence-corrected chi connectivity index (χ1v) is 8.67. The molecular formula is C18H19N3O3S. The number of amides is 1. The number of para-hydroxylation sites is 1. The monoisotopic (exact) mass is 357 g/mol. The lowest BCUT2D eigenvalue weighted by Crippen LogP contribution is -2.34. The van der Waals surface area contributed by atoms with Crippen molar-refractivity contribution in [3.8, 4) is 5.69 Å². The third-order valence-electron chi connectivity index (χ3n) is 3.82. The number of carbonyl (C=O) groups is 2. The fraction of sp³-hybridized carbons (Fsp3) is 0.278. The van der Waals surface area contributed by atoms with E-state index in [1.165, 1.54) is 16.2 Å². The lowest BCUT2D eigenvalue weighted by Gasteiger charge is -2.16. The molecule has 0 aliphatic carbocycles. The summed E-state index contributed by atoms with van der Waals surface area (Å²) < 4.78 is 7.11. The Balaban J connectivity index is 1.92. The van der Waals surface area contributed by atoms with E-state index in [1.54, 1.807) is 27.1 Å². The number of likely N-dealkylation sites (N-methyl/N-ethyl adjacent to an activating group) is 1. The molecule has 2 heterocycles. The molecule has 7 heteroatoms. The van der Waals surface area contributed by atoms with Gasteiger partial charge in [-0.1, -0.05) is 18.2 Å². The first kappa shape index (κ1) is 17.2. The van der Waals surface area contributed by atoms with E-state index in [1.807, 2.05) is 41.9 Å². The summed E-state index contributed by atoms with van der Waals surface area (Å²) in [7, 11) is 3.26. The summed E-state index contributed by atoms with van der Waals surface area (Å²) in [5.74, 6) is -0.746. The van der Waals surface area contributed by atoms with Crippen LogP contribution in [0.4, 0.5) is 0 Å². The zero-order valence-electron chi connectivity index (χ0n) is 14.5. The highest BCUT2D eigenvalue weighted by Crippen LogP contribution is 2.31. The summed E-state index contributed by atoms with van der Waals surface area (Å²) in [6.07, 6.45) is -0.820. The number of thiophene rings is 1. The SMILES string of the molecule is Cc1nn(-c2ccccc2)c2sc(C(=O)OC(C)C(=O)N(C)C)cc12. The van der Waals surface area contributed by atoms with Crippen molar-refractivity contribution in [2.24, 2.45) is 0 Å². The molecule has 0 saturated heterocycles. The molecule has 3 aromatic rings. The van der Waals surface area contributed by atoms with Crippen molar-refractivity contribution in [3.05, 3.63) is 47.0 Å². The highest BCUT2D eigenvalue weighted by Gasteiger charge is 2.23. The second-order valence-electron chi connectivity index (χ2n) is 5.94. The molecule has 0 radical (unpaired) electrons. The molecule has 0 N–H and O–H groups in total. The normalized spacial score (nSPS) is 12.2. The minimum absolute atomic E-state index is 0.249. The van der Waals surface area contributed by atoms with Crippen molar-refractivity contribution >= 4 is 33.4 Å². The molecule has 0 spiro atoms. The first-order chi connectivity index (χ1) is 11.9. The fourth-order valence-electron chi connectivity index (χ4n) is 2.52. The molecule has 1 atom stereocenters.